The molecule has 2 aromatic heterocycles. The van der Waals surface area contributed by atoms with Crippen LogP contribution in [0.5, 0.6) is 5.75 Å². The lowest BCUT2D eigenvalue weighted by atomic mass is 10.1. The Morgan fingerprint density at radius 3 is 2.33 bits per heavy atom. The fraction of sp³-hybridized carbons (Fsp3) is 0.143. The minimum Gasteiger partial charge on any atom is -0.495 e. The van der Waals surface area contributed by atoms with E-state index >= 15 is 0 Å². The Kier molecular flexibility index (Phi) is 3.04. The van der Waals surface area contributed by atoms with Gasteiger partial charge in [-0.25, -0.2) is 0 Å². The molecule has 0 aliphatic heterocycles. The molecule has 1 aromatic carbocycles. The molecule has 0 saturated carbocycles. The number of hydrogen-bond donors (Lipinski definition) is 0. The van der Waals surface area contributed by atoms with Crippen molar-refractivity contribution in [1.29, 1.82) is 0 Å². The maximum atomic E-state index is 12.6. The van der Waals surface area contributed by atoms with Crippen molar-refractivity contribution in [3.8, 4) is 17.1 Å². The Balaban J connectivity index is 2.08. The lowest BCUT2D eigenvalue weighted by molar-refractivity contribution is -0.137. The van der Waals surface area contributed by atoms with Crippen molar-refractivity contribution in [2.24, 2.45) is 0 Å². The lowest BCUT2D eigenvalue weighted by Gasteiger charge is -2.07. The predicted molar refractivity (Wildman–Crippen MR) is 70.0 cm³/mol. The van der Waals surface area contributed by atoms with Crippen LogP contribution in [0.2, 0.25) is 0 Å². The number of benzene rings is 1. The zero-order valence-electron chi connectivity index (χ0n) is 10.9. The molecule has 0 atom stereocenters. The van der Waals surface area contributed by atoms with Gasteiger partial charge < -0.3 is 4.74 Å². The molecule has 0 fully saturated rings. The van der Waals surface area contributed by atoms with E-state index in [4.69, 9.17) is 4.74 Å². The number of hydrogen-bond acceptors (Lipinski definition) is 3. The maximum Gasteiger partial charge on any atom is 0.416 e. The van der Waals surface area contributed by atoms with Crippen molar-refractivity contribution < 1.29 is 17.9 Å². The van der Waals surface area contributed by atoms with Gasteiger partial charge in [0.1, 0.15) is 5.75 Å². The van der Waals surface area contributed by atoms with Crippen LogP contribution in [0.1, 0.15) is 5.56 Å². The van der Waals surface area contributed by atoms with Crippen LogP contribution >= 0.6 is 0 Å². The largest absolute Gasteiger partial charge is 0.495 e. The zero-order valence-corrected chi connectivity index (χ0v) is 10.9. The van der Waals surface area contributed by atoms with Crippen molar-refractivity contribution in [1.82, 2.24) is 14.6 Å². The quantitative estimate of drug-likeness (QED) is 0.726. The molecule has 0 spiro atoms. The summed E-state index contributed by atoms with van der Waals surface area (Å²) in [5.41, 5.74) is 0.437. The van der Waals surface area contributed by atoms with Crippen molar-refractivity contribution in [2.45, 2.75) is 6.18 Å². The number of fused-ring (bicyclic) bond motifs is 1. The first-order valence-corrected chi connectivity index (χ1v) is 6.05. The number of rotatable bonds is 2. The van der Waals surface area contributed by atoms with Crippen LogP contribution in [-0.2, 0) is 6.18 Å². The van der Waals surface area contributed by atoms with Crippen molar-refractivity contribution in [3.63, 3.8) is 0 Å². The topological polar surface area (TPSA) is 39.4 Å². The van der Waals surface area contributed by atoms with E-state index in [9.17, 15) is 13.2 Å². The fourth-order valence-electron chi connectivity index (χ4n) is 2.00. The molecule has 0 aliphatic carbocycles. The summed E-state index contributed by atoms with van der Waals surface area (Å²) in [5, 5.41) is 7.99. The van der Waals surface area contributed by atoms with Gasteiger partial charge in [-0.2, -0.15) is 13.2 Å². The van der Waals surface area contributed by atoms with Gasteiger partial charge in [0.15, 0.2) is 11.5 Å². The summed E-state index contributed by atoms with van der Waals surface area (Å²) in [6.45, 7) is 0. The molecule has 4 nitrogen and oxygen atoms in total. The van der Waals surface area contributed by atoms with Gasteiger partial charge in [0, 0.05) is 5.56 Å². The van der Waals surface area contributed by atoms with Crippen molar-refractivity contribution >= 4 is 5.65 Å². The van der Waals surface area contributed by atoms with Gasteiger partial charge in [-0.3, -0.25) is 4.40 Å². The van der Waals surface area contributed by atoms with E-state index in [1.165, 1.54) is 19.2 Å². The van der Waals surface area contributed by atoms with Crippen LogP contribution in [0.4, 0.5) is 13.2 Å². The Morgan fingerprint density at radius 2 is 1.71 bits per heavy atom. The molecule has 21 heavy (non-hydrogen) atoms. The van der Waals surface area contributed by atoms with Crippen LogP contribution in [-0.4, -0.2) is 21.7 Å². The van der Waals surface area contributed by atoms with Crippen molar-refractivity contribution in [2.75, 3.05) is 7.11 Å². The van der Waals surface area contributed by atoms with Gasteiger partial charge in [-0.1, -0.05) is 12.1 Å². The highest BCUT2D eigenvalue weighted by molar-refractivity contribution is 5.60. The standard InChI is InChI=1S/C14H10F3N3O/c1-21-11-6-7-12-18-19-13(20(12)8-11)9-2-4-10(5-3-9)14(15,16)17/h2-8H,1H3. The summed E-state index contributed by atoms with van der Waals surface area (Å²) in [6, 6.07) is 8.25. The third-order valence-corrected chi connectivity index (χ3v) is 3.08. The number of methoxy groups -OCH3 is 1. The molecular weight excluding hydrogens is 283 g/mol. The van der Waals surface area contributed by atoms with E-state index in [2.05, 4.69) is 10.2 Å². The third kappa shape index (κ3) is 2.42. The molecule has 0 radical (unpaired) electrons. The normalized spacial score (nSPS) is 11.8. The number of pyridine rings is 1. The van der Waals surface area contributed by atoms with Gasteiger partial charge >= 0.3 is 6.18 Å². The SMILES string of the molecule is COc1ccc2nnc(-c3ccc(C(F)(F)F)cc3)n2c1. The van der Waals surface area contributed by atoms with E-state index in [1.807, 2.05) is 0 Å². The Morgan fingerprint density at radius 1 is 1.00 bits per heavy atom. The minimum atomic E-state index is -4.35. The van der Waals surface area contributed by atoms with Crippen LogP contribution in [0.3, 0.4) is 0 Å². The molecule has 0 N–H and O–H groups in total. The second kappa shape index (κ2) is 4.76. The van der Waals surface area contributed by atoms with Crippen LogP contribution in [0, 0.1) is 0 Å². The summed E-state index contributed by atoms with van der Waals surface area (Å²) in [6.07, 6.45) is -2.67. The maximum absolute atomic E-state index is 12.6. The monoisotopic (exact) mass is 293 g/mol. The first-order valence-electron chi connectivity index (χ1n) is 6.05. The summed E-state index contributed by atoms with van der Waals surface area (Å²) < 4.78 is 44.5. The average Bonchev–Trinajstić information content (AvgIpc) is 2.89. The highest BCUT2D eigenvalue weighted by Crippen LogP contribution is 2.30. The zero-order chi connectivity index (χ0) is 15.0. The smallest absolute Gasteiger partial charge is 0.416 e. The number of ether oxygens (including phenoxy) is 1. The Bertz CT molecular complexity index is 778. The number of nitrogens with zero attached hydrogens (tertiary/aromatic N) is 3. The highest BCUT2D eigenvalue weighted by Gasteiger charge is 2.30. The van der Waals surface area contributed by atoms with Gasteiger partial charge in [0.2, 0.25) is 0 Å². The molecular formula is C14H10F3N3O. The first-order chi connectivity index (χ1) is 9.99. The number of aromatic nitrogens is 3. The van der Waals surface area contributed by atoms with Gasteiger partial charge in [-0.15, -0.1) is 10.2 Å². The molecule has 7 heteroatoms. The minimum absolute atomic E-state index is 0.456. The molecule has 2 heterocycles. The second-order valence-electron chi connectivity index (χ2n) is 4.40. The van der Waals surface area contributed by atoms with E-state index in [-0.39, 0.29) is 0 Å². The summed E-state index contributed by atoms with van der Waals surface area (Å²) >= 11 is 0. The van der Waals surface area contributed by atoms with E-state index < -0.39 is 11.7 Å². The van der Waals surface area contributed by atoms with Gasteiger partial charge in [0.05, 0.1) is 18.9 Å². The van der Waals surface area contributed by atoms with Gasteiger partial charge in [-0.05, 0) is 24.3 Å². The molecule has 0 amide bonds. The predicted octanol–water partition coefficient (Wildman–Crippen LogP) is 3.42. The Labute approximate surface area is 117 Å². The van der Waals surface area contributed by atoms with E-state index in [1.54, 1.807) is 22.7 Å². The van der Waals surface area contributed by atoms with Crippen LogP contribution < -0.4 is 4.74 Å². The number of halogens is 3. The molecule has 108 valence electrons. The average molecular weight is 293 g/mol. The molecule has 0 bridgehead atoms. The molecule has 0 unspecified atom stereocenters. The van der Waals surface area contributed by atoms with E-state index in [0.29, 0.717) is 22.8 Å². The molecule has 3 rings (SSSR count). The van der Waals surface area contributed by atoms with Crippen LogP contribution in [0.25, 0.3) is 17.0 Å². The summed E-state index contributed by atoms with van der Waals surface area (Å²) in [7, 11) is 1.53. The van der Waals surface area contributed by atoms with E-state index in [0.717, 1.165) is 12.1 Å². The third-order valence-electron chi connectivity index (χ3n) is 3.08. The molecule has 3 aromatic rings. The van der Waals surface area contributed by atoms with Gasteiger partial charge in [0.25, 0.3) is 0 Å². The van der Waals surface area contributed by atoms with Crippen molar-refractivity contribution in [3.05, 3.63) is 48.2 Å². The highest BCUT2D eigenvalue weighted by atomic mass is 19.4. The lowest BCUT2D eigenvalue weighted by Crippen LogP contribution is -2.04. The molecule has 0 saturated heterocycles. The summed E-state index contributed by atoms with van der Waals surface area (Å²) in [5.74, 6) is 1.06. The number of alkyl halides is 3. The Hall–Kier alpha value is -2.57. The fourth-order valence-corrected chi connectivity index (χ4v) is 2.00. The first kappa shape index (κ1) is 13.4. The molecule has 0 aliphatic rings. The summed E-state index contributed by atoms with van der Waals surface area (Å²) in [4.78, 5) is 0. The second-order valence-corrected chi connectivity index (χ2v) is 4.40. The van der Waals surface area contributed by atoms with Crippen LogP contribution in [0.15, 0.2) is 42.6 Å².